The second kappa shape index (κ2) is 6.65. The summed E-state index contributed by atoms with van der Waals surface area (Å²) in [4.78, 5) is 34.1. The molecule has 0 aliphatic rings. The number of nitrogens with zero attached hydrogens (tertiary/aromatic N) is 2. The molecule has 0 spiro atoms. The Labute approximate surface area is 133 Å². The van der Waals surface area contributed by atoms with Crippen LogP contribution in [-0.2, 0) is 4.84 Å². The molecule has 0 saturated carbocycles. The molecule has 0 radical (unpaired) electrons. The van der Waals surface area contributed by atoms with Crippen molar-refractivity contribution in [1.29, 1.82) is 0 Å². The van der Waals surface area contributed by atoms with Crippen molar-refractivity contribution in [1.82, 2.24) is 0 Å². The van der Waals surface area contributed by atoms with Crippen molar-refractivity contribution in [2.75, 3.05) is 0 Å². The van der Waals surface area contributed by atoms with Crippen molar-refractivity contribution in [3.63, 3.8) is 0 Å². The van der Waals surface area contributed by atoms with Gasteiger partial charge in [0.15, 0.2) is 0 Å². The summed E-state index contributed by atoms with van der Waals surface area (Å²) in [6.45, 7) is 0. The molecule has 0 aliphatic carbocycles. The molecule has 1 aromatic rings. The number of carbonyl (C=O) groups is 1. The first-order chi connectivity index (χ1) is 7.02. The average Bonchev–Trinajstić information content (AvgIpc) is 2.16. The average molecular weight is 252 g/mol. The van der Waals surface area contributed by atoms with Crippen LogP contribution in [0, 0.1) is 20.2 Å². The first kappa shape index (κ1) is 15.1. The molecule has 1 aromatic carbocycles. The van der Waals surface area contributed by atoms with Crippen LogP contribution in [0.5, 0.6) is 0 Å². The fourth-order valence-electron chi connectivity index (χ4n) is 0.922. The molecule has 1 rings (SSSR count). The summed E-state index contributed by atoms with van der Waals surface area (Å²) in [6, 6.07) is 4.80. The molecule has 0 aromatic heterocycles. The molecular formula is C7H5KN2O6. The number of hydrogen-bond donors (Lipinski definition) is 0. The third-order valence-corrected chi connectivity index (χ3v) is 1.48. The van der Waals surface area contributed by atoms with Gasteiger partial charge in [-0.1, -0.05) is 12.1 Å². The minimum absolute atomic E-state index is 0. The first-order valence-corrected chi connectivity index (χ1v) is 3.62. The van der Waals surface area contributed by atoms with Crippen molar-refractivity contribution in [3.05, 3.63) is 50.1 Å². The first-order valence-electron chi connectivity index (χ1n) is 3.62. The van der Waals surface area contributed by atoms with Crippen LogP contribution >= 0.6 is 0 Å². The van der Waals surface area contributed by atoms with Crippen molar-refractivity contribution in [2.24, 2.45) is 0 Å². The van der Waals surface area contributed by atoms with E-state index in [1.165, 1.54) is 12.1 Å². The van der Waals surface area contributed by atoms with E-state index in [2.05, 4.69) is 4.84 Å². The number of nitro groups is 1. The monoisotopic (exact) mass is 252 g/mol. The van der Waals surface area contributed by atoms with E-state index in [0.717, 1.165) is 12.1 Å². The Kier molecular flexibility index (Phi) is 6.29. The molecule has 16 heavy (non-hydrogen) atoms. The third-order valence-electron chi connectivity index (χ3n) is 1.48. The van der Waals surface area contributed by atoms with E-state index in [4.69, 9.17) is 0 Å². The maximum absolute atomic E-state index is 11.0. The smallest absolute Gasteiger partial charge is 1.00 e. The van der Waals surface area contributed by atoms with Crippen molar-refractivity contribution in [2.45, 2.75) is 0 Å². The number of hydrogen-bond acceptors (Lipinski definition) is 6. The molecule has 0 unspecified atom stereocenters. The minimum Gasteiger partial charge on any atom is -1.00 e. The van der Waals surface area contributed by atoms with Gasteiger partial charge in [0.1, 0.15) is 5.56 Å². The van der Waals surface area contributed by atoms with Gasteiger partial charge in [0.25, 0.3) is 5.69 Å². The molecule has 8 nitrogen and oxygen atoms in total. The Morgan fingerprint density at radius 1 is 1.25 bits per heavy atom. The van der Waals surface area contributed by atoms with E-state index in [-0.39, 0.29) is 52.8 Å². The quantitative estimate of drug-likeness (QED) is 0.351. The Hall–Kier alpha value is -0.874. The SMILES string of the molecule is O=C(O[N+](=O)[O-])c1ccccc1[N+](=O)[O-].[H-].[K+]. The summed E-state index contributed by atoms with van der Waals surface area (Å²) in [5, 5.41) is 19.0. The van der Waals surface area contributed by atoms with E-state index in [1.807, 2.05) is 0 Å². The number of para-hydroxylation sites is 1. The van der Waals surface area contributed by atoms with Gasteiger partial charge >= 0.3 is 62.4 Å². The van der Waals surface area contributed by atoms with Crippen LogP contribution in [0.2, 0.25) is 0 Å². The molecule has 0 N–H and O–H groups in total. The van der Waals surface area contributed by atoms with Gasteiger partial charge in [0, 0.05) is 6.07 Å². The summed E-state index contributed by atoms with van der Waals surface area (Å²) >= 11 is 0. The van der Waals surface area contributed by atoms with Gasteiger partial charge in [-0.2, -0.15) is 0 Å². The molecule has 80 valence electrons. The maximum atomic E-state index is 11.0. The number of carbonyl (C=O) groups excluding carboxylic acids is 1. The van der Waals surface area contributed by atoms with Gasteiger partial charge in [-0.25, -0.2) is 4.84 Å². The Morgan fingerprint density at radius 3 is 2.31 bits per heavy atom. The number of benzene rings is 1. The van der Waals surface area contributed by atoms with Gasteiger partial charge in [0.05, 0.1) is 4.92 Å². The minimum atomic E-state index is -1.37. The number of nitro benzene ring substituents is 1. The fourth-order valence-corrected chi connectivity index (χ4v) is 0.922. The third kappa shape index (κ3) is 3.94. The second-order valence-corrected chi connectivity index (χ2v) is 2.38. The normalized spacial score (nSPS) is 8.75. The molecule has 0 atom stereocenters. The Balaban J connectivity index is 0. The Morgan fingerprint density at radius 2 is 1.81 bits per heavy atom. The zero-order chi connectivity index (χ0) is 11.4. The molecule has 0 heterocycles. The van der Waals surface area contributed by atoms with Crippen LogP contribution in [0.25, 0.3) is 0 Å². The van der Waals surface area contributed by atoms with E-state index < -0.39 is 27.2 Å². The second-order valence-electron chi connectivity index (χ2n) is 2.38. The molecular weight excluding hydrogens is 247 g/mol. The van der Waals surface area contributed by atoms with Crippen molar-refractivity contribution in [3.8, 4) is 0 Å². The van der Waals surface area contributed by atoms with Crippen LogP contribution in [0.15, 0.2) is 24.3 Å². The predicted molar refractivity (Wildman–Crippen MR) is 46.6 cm³/mol. The van der Waals surface area contributed by atoms with E-state index in [9.17, 15) is 25.0 Å². The molecule has 0 amide bonds. The van der Waals surface area contributed by atoms with E-state index in [0.29, 0.717) is 0 Å². The number of rotatable bonds is 3. The summed E-state index contributed by atoms with van der Waals surface area (Å²) < 4.78 is 0. The predicted octanol–water partition coefficient (Wildman–Crippen LogP) is -1.94. The summed E-state index contributed by atoms with van der Waals surface area (Å²) in [7, 11) is 0. The standard InChI is InChI=1S/C7H4N2O6.K.H/c10-7(15-9(13)14)5-3-1-2-4-6(5)8(11)12;;/h1-4H;;/q;+1;-1. The summed E-state index contributed by atoms with van der Waals surface area (Å²) in [5.74, 6) is -1.37. The summed E-state index contributed by atoms with van der Waals surface area (Å²) in [6.07, 6.45) is 0. The van der Waals surface area contributed by atoms with Crippen molar-refractivity contribution < 1.29 is 72.5 Å². The zero-order valence-corrected chi connectivity index (χ0v) is 11.3. The molecule has 9 heteroatoms. The van der Waals surface area contributed by atoms with E-state index >= 15 is 0 Å². The van der Waals surface area contributed by atoms with Crippen LogP contribution in [0.3, 0.4) is 0 Å². The maximum Gasteiger partial charge on any atom is 1.00 e. The zero-order valence-electron chi connectivity index (χ0n) is 9.15. The van der Waals surface area contributed by atoms with Gasteiger partial charge < -0.3 is 1.43 Å². The Bertz CT molecular complexity index is 440. The van der Waals surface area contributed by atoms with Gasteiger partial charge in [0.2, 0.25) is 0 Å². The molecule has 0 bridgehead atoms. The largest absolute Gasteiger partial charge is 1.00 e. The van der Waals surface area contributed by atoms with Crippen LogP contribution in [-0.4, -0.2) is 16.0 Å². The van der Waals surface area contributed by atoms with Gasteiger partial charge in [-0.15, -0.1) is 10.1 Å². The fraction of sp³-hybridized carbons (Fsp3) is 0. The molecule has 0 fully saturated rings. The van der Waals surface area contributed by atoms with E-state index in [1.54, 1.807) is 0 Å². The van der Waals surface area contributed by atoms with Gasteiger partial charge in [-0.05, 0) is 6.07 Å². The van der Waals surface area contributed by atoms with Crippen LogP contribution in [0.1, 0.15) is 11.8 Å². The van der Waals surface area contributed by atoms with Crippen molar-refractivity contribution >= 4 is 11.7 Å². The van der Waals surface area contributed by atoms with Crippen LogP contribution < -0.4 is 51.4 Å². The molecule has 0 aliphatic heterocycles. The van der Waals surface area contributed by atoms with Gasteiger partial charge in [-0.3, -0.25) is 14.9 Å². The topological polar surface area (TPSA) is 113 Å². The van der Waals surface area contributed by atoms with Crippen LogP contribution in [0.4, 0.5) is 5.69 Å². The molecule has 0 saturated heterocycles. The summed E-state index contributed by atoms with van der Waals surface area (Å²) in [5.41, 5.74) is -0.997.